The first-order chi connectivity index (χ1) is 16.5. The molecule has 0 aliphatic heterocycles. The normalized spacial score (nSPS) is 10.9. The number of carbonyl (C=O) groups is 1. The van der Waals surface area contributed by atoms with Gasteiger partial charge in [0.2, 0.25) is 5.88 Å². The summed E-state index contributed by atoms with van der Waals surface area (Å²) in [6.45, 7) is 0. The van der Waals surface area contributed by atoms with Crippen molar-refractivity contribution >= 4 is 30.7 Å². The van der Waals surface area contributed by atoms with Crippen molar-refractivity contribution in [2.24, 2.45) is 0 Å². The Balaban J connectivity index is 1.49. The number of hydrogen-bond donors (Lipinski definition) is 2. The number of hydrogen-bond acceptors (Lipinski definition) is 7. The van der Waals surface area contributed by atoms with E-state index in [1.165, 1.54) is 0 Å². The fourth-order valence-corrected chi connectivity index (χ4v) is 3.58. The minimum absolute atomic E-state index is 0.0523. The molecular weight excluding hydrogens is 431 g/mol. The summed E-state index contributed by atoms with van der Waals surface area (Å²) in [5.74, 6) is 0.393. The van der Waals surface area contributed by atoms with Crippen molar-refractivity contribution in [3.63, 3.8) is 0 Å². The van der Waals surface area contributed by atoms with Crippen LogP contribution < -0.4 is 15.9 Å². The van der Waals surface area contributed by atoms with E-state index in [1.54, 1.807) is 53.6 Å². The molecule has 166 valence electrons. The molecule has 9 nitrogen and oxygen atoms in total. The Kier molecular flexibility index (Phi) is 5.39. The monoisotopic (exact) mass is 450 g/mol. The predicted molar refractivity (Wildman–Crippen MR) is 130 cm³/mol. The molecular formula is C24H19BN6O3. The number of carboxylic acids is 1. The highest BCUT2D eigenvalue weighted by molar-refractivity contribution is 6.37. The standard InChI is InChI=1S/C24H19BN6O3/c25-21-22(26)31-23(30-24(21)34-17-6-3-14(4-7-17)10-20(32)33)18(13-29-31)15-5-8-19(28-12-15)16-2-1-9-27-11-16/h1-9,11-13H,10,25-26H2,(H,32,33). The van der Waals surface area contributed by atoms with E-state index in [1.807, 2.05) is 32.1 Å². The highest BCUT2D eigenvalue weighted by Gasteiger charge is 2.17. The van der Waals surface area contributed by atoms with Crippen LogP contribution in [0.5, 0.6) is 11.6 Å². The van der Waals surface area contributed by atoms with Crippen LogP contribution in [0.2, 0.25) is 0 Å². The van der Waals surface area contributed by atoms with Gasteiger partial charge in [-0.1, -0.05) is 18.2 Å². The lowest BCUT2D eigenvalue weighted by molar-refractivity contribution is -0.136. The molecule has 0 bridgehead atoms. The Morgan fingerprint density at radius 2 is 1.88 bits per heavy atom. The Labute approximate surface area is 195 Å². The molecule has 0 amide bonds. The van der Waals surface area contributed by atoms with E-state index in [0.29, 0.717) is 34.1 Å². The van der Waals surface area contributed by atoms with Crippen molar-refractivity contribution < 1.29 is 14.6 Å². The number of benzene rings is 1. The predicted octanol–water partition coefficient (Wildman–Crippen LogP) is 2.11. The number of nitrogens with zero attached hydrogens (tertiary/aromatic N) is 5. The maximum atomic E-state index is 10.9. The van der Waals surface area contributed by atoms with E-state index in [0.717, 1.165) is 22.4 Å². The third-order valence-electron chi connectivity index (χ3n) is 5.41. The lowest BCUT2D eigenvalue weighted by Crippen LogP contribution is -2.19. The molecule has 1 aromatic carbocycles. The SMILES string of the molecule is Bc1c(Oc2ccc(CC(=O)O)cc2)nc2c(-c3ccc(-c4cccnc4)nc3)cnn2c1N. The number of pyridine rings is 2. The van der Waals surface area contributed by atoms with Gasteiger partial charge in [0, 0.05) is 40.7 Å². The van der Waals surface area contributed by atoms with E-state index in [-0.39, 0.29) is 6.42 Å². The first-order valence-electron chi connectivity index (χ1n) is 10.5. The van der Waals surface area contributed by atoms with E-state index in [9.17, 15) is 4.79 Å². The van der Waals surface area contributed by atoms with Gasteiger partial charge in [-0.05, 0) is 35.9 Å². The molecule has 34 heavy (non-hydrogen) atoms. The van der Waals surface area contributed by atoms with Crippen LogP contribution in [0, 0.1) is 0 Å². The Bertz CT molecular complexity index is 1490. The molecule has 3 N–H and O–H groups in total. The van der Waals surface area contributed by atoms with Gasteiger partial charge in [-0.25, -0.2) is 0 Å². The van der Waals surface area contributed by atoms with Gasteiger partial charge in [-0.15, -0.1) is 0 Å². The van der Waals surface area contributed by atoms with Crippen LogP contribution >= 0.6 is 0 Å². The van der Waals surface area contributed by atoms with Gasteiger partial charge in [-0.2, -0.15) is 14.6 Å². The summed E-state index contributed by atoms with van der Waals surface area (Å²) in [4.78, 5) is 24.3. The summed E-state index contributed by atoms with van der Waals surface area (Å²) >= 11 is 0. The summed E-state index contributed by atoms with van der Waals surface area (Å²) in [7, 11) is 1.81. The van der Waals surface area contributed by atoms with Crippen molar-refractivity contribution in [2.45, 2.75) is 6.42 Å². The van der Waals surface area contributed by atoms with Crippen LogP contribution in [-0.4, -0.2) is 43.5 Å². The van der Waals surface area contributed by atoms with Gasteiger partial charge in [0.05, 0.1) is 18.3 Å². The summed E-state index contributed by atoms with van der Waals surface area (Å²) in [5, 5.41) is 13.3. The number of ether oxygens (including phenoxy) is 1. The topological polar surface area (TPSA) is 129 Å². The highest BCUT2D eigenvalue weighted by Crippen LogP contribution is 2.28. The first kappa shape index (κ1) is 21.1. The number of carboxylic acid groups (broad SMARTS) is 1. The second-order valence-electron chi connectivity index (χ2n) is 7.71. The average molecular weight is 450 g/mol. The van der Waals surface area contributed by atoms with Crippen molar-refractivity contribution in [3.05, 3.63) is 78.9 Å². The zero-order valence-corrected chi connectivity index (χ0v) is 18.2. The van der Waals surface area contributed by atoms with E-state index in [2.05, 4.69) is 20.1 Å². The average Bonchev–Trinajstić information content (AvgIpc) is 3.28. The summed E-state index contributed by atoms with van der Waals surface area (Å²) in [6.07, 6.45) is 6.89. The molecule has 0 unspecified atom stereocenters. The van der Waals surface area contributed by atoms with Gasteiger partial charge >= 0.3 is 5.97 Å². The quantitative estimate of drug-likeness (QED) is 0.377. The fraction of sp³-hybridized carbons (Fsp3) is 0.0417. The summed E-state index contributed by atoms with van der Waals surface area (Å²) < 4.78 is 7.56. The van der Waals surface area contributed by atoms with Crippen LogP contribution in [0.25, 0.3) is 28.0 Å². The Morgan fingerprint density at radius 3 is 2.56 bits per heavy atom. The number of rotatable bonds is 6. The van der Waals surface area contributed by atoms with Gasteiger partial charge in [0.1, 0.15) is 11.6 Å². The van der Waals surface area contributed by atoms with Crippen LogP contribution in [0.15, 0.2) is 73.3 Å². The van der Waals surface area contributed by atoms with E-state index >= 15 is 0 Å². The van der Waals surface area contributed by atoms with Gasteiger partial charge in [0.25, 0.3) is 0 Å². The molecule has 0 aliphatic rings. The van der Waals surface area contributed by atoms with Crippen LogP contribution in [0.4, 0.5) is 5.82 Å². The number of anilines is 1. The smallest absolute Gasteiger partial charge is 0.307 e. The van der Waals surface area contributed by atoms with E-state index < -0.39 is 5.97 Å². The molecule has 5 rings (SSSR count). The second kappa shape index (κ2) is 8.66. The van der Waals surface area contributed by atoms with Gasteiger partial charge < -0.3 is 15.6 Å². The molecule has 0 fully saturated rings. The number of nitrogen functional groups attached to an aromatic ring is 1. The molecule has 4 heterocycles. The minimum Gasteiger partial charge on any atom is -0.481 e. The van der Waals surface area contributed by atoms with E-state index in [4.69, 9.17) is 15.6 Å². The molecule has 0 radical (unpaired) electrons. The Hall–Kier alpha value is -4.73. The zero-order valence-electron chi connectivity index (χ0n) is 18.2. The highest BCUT2D eigenvalue weighted by atomic mass is 16.5. The summed E-state index contributed by atoms with van der Waals surface area (Å²) in [5.41, 5.74) is 11.5. The van der Waals surface area contributed by atoms with Gasteiger partial charge in [-0.3, -0.25) is 14.8 Å². The summed E-state index contributed by atoms with van der Waals surface area (Å²) in [6, 6.07) is 14.5. The van der Waals surface area contributed by atoms with Crippen LogP contribution in [0.1, 0.15) is 5.56 Å². The molecule has 0 saturated heterocycles. The molecule has 0 aliphatic carbocycles. The van der Waals surface area contributed by atoms with Gasteiger partial charge in [0.15, 0.2) is 13.5 Å². The maximum absolute atomic E-state index is 10.9. The van der Waals surface area contributed by atoms with Crippen molar-refractivity contribution in [2.75, 3.05) is 5.73 Å². The molecule has 10 heteroatoms. The van der Waals surface area contributed by atoms with Crippen molar-refractivity contribution in [1.29, 1.82) is 0 Å². The first-order valence-corrected chi connectivity index (χ1v) is 10.5. The Morgan fingerprint density at radius 1 is 1.06 bits per heavy atom. The van der Waals surface area contributed by atoms with Crippen LogP contribution in [0.3, 0.4) is 0 Å². The number of nitrogens with two attached hydrogens (primary N) is 1. The van der Waals surface area contributed by atoms with Crippen LogP contribution in [-0.2, 0) is 11.2 Å². The largest absolute Gasteiger partial charge is 0.481 e. The molecule has 0 saturated carbocycles. The molecule has 4 aromatic heterocycles. The maximum Gasteiger partial charge on any atom is 0.307 e. The minimum atomic E-state index is -0.888. The fourth-order valence-electron chi connectivity index (χ4n) is 3.58. The van der Waals surface area contributed by atoms with Crippen molar-refractivity contribution in [3.8, 4) is 34.0 Å². The second-order valence-corrected chi connectivity index (χ2v) is 7.71. The lowest BCUT2D eigenvalue weighted by Gasteiger charge is -2.12. The lowest BCUT2D eigenvalue weighted by atomic mass is 9.98. The molecule has 5 aromatic rings. The third kappa shape index (κ3) is 4.04. The molecule has 0 atom stereocenters. The third-order valence-corrected chi connectivity index (χ3v) is 5.41. The number of aliphatic carboxylic acids is 1. The van der Waals surface area contributed by atoms with Crippen molar-refractivity contribution in [1.82, 2.24) is 24.6 Å². The number of aromatic nitrogens is 5. The zero-order chi connectivity index (χ0) is 23.7. The molecule has 0 spiro atoms. The number of fused-ring (bicyclic) bond motifs is 1.